The maximum atomic E-state index is 13.8. The van der Waals surface area contributed by atoms with Crippen LogP contribution in [-0.2, 0) is 17.7 Å². The molecule has 1 aromatic heterocycles. The van der Waals surface area contributed by atoms with E-state index in [1.807, 2.05) is 24.3 Å². The van der Waals surface area contributed by atoms with Crippen LogP contribution in [0.15, 0.2) is 52.9 Å². The molecule has 1 saturated heterocycles. The van der Waals surface area contributed by atoms with Gasteiger partial charge in [-0.25, -0.2) is 4.39 Å². The van der Waals surface area contributed by atoms with Crippen LogP contribution in [0.5, 0.6) is 0 Å². The number of benzene rings is 2. The van der Waals surface area contributed by atoms with Crippen LogP contribution >= 0.6 is 11.6 Å². The van der Waals surface area contributed by atoms with Gasteiger partial charge in [0.2, 0.25) is 0 Å². The topological polar surface area (TPSA) is 25.6 Å². The highest BCUT2D eigenvalue weighted by Crippen LogP contribution is 2.27. The first-order valence-electron chi connectivity index (χ1n) is 9.51. The van der Waals surface area contributed by atoms with Crippen molar-refractivity contribution >= 4 is 11.6 Å². The summed E-state index contributed by atoms with van der Waals surface area (Å²) in [4.78, 5) is 2.37. The Labute approximate surface area is 169 Å². The van der Waals surface area contributed by atoms with Crippen LogP contribution in [0.25, 0.3) is 11.3 Å². The Balaban J connectivity index is 1.45. The Bertz CT molecular complexity index is 963. The highest BCUT2D eigenvalue weighted by Gasteiger charge is 2.13. The average Bonchev–Trinajstić information content (AvgIpc) is 3.16. The number of hydrogen-bond acceptors (Lipinski definition) is 3. The number of nitrogens with zero attached hydrogens (tertiary/aromatic N) is 1. The second kappa shape index (κ2) is 8.48. The van der Waals surface area contributed by atoms with Gasteiger partial charge in [-0.05, 0) is 47.9 Å². The molecule has 0 N–H and O–H groups in total. The molecule has 0 unspecified atom stereocenters. The second-order valence-electron chi connectivity index (χ2n) is 7.22. The molecule has 0 spiro atoms. The lowest BCUT2D eigenvalue weighted by molar-refractivity contribution is 0.0342. The number of halogens is 2. The first kappa shape index (κ1) is 19.2. The zero-order valence-corrected chi connectivity index (χ0v) is 16.6. The molecule has 0 saturated carbocycles. The van der Waals surface area contributed by atoms with E-state index in [2.05, 4.69) is 17.0 Å². The van der Waals surface area contributed by atoms with Crippen LogP contribution in [0.4, 0.5) is 4.39 Å². The fraction of sp³-hybridized carbons (Fsp3) is 0.304. The summed E-state index contributed by atoms with van der Waals surface area (Å²) in [6.07, 6.45) is 0.602. The number of furan rings is 1. The summed E-state index contributed by atoms with van der Waals surface area (Å²) in [5.74, 6) is 1.24. The summed E-state index contributed by atoms with van der Waals surface area (Å²) in [7, 11) is 0. The molecule has 0 amide bonds. The molecule has 4 rings (SSSR count). The van der Waals surface area contributed by atoms with Gasteiger partial charge in [0.1, 0.15) is 17.3 Å². The summed E-state index contributed by atoms with van der Waals surface area (Å²) in [6.45, 7) is 6.11. The predicted octanol–water partition coefficient (Wildman–Crippen LogP) is 5.47. The van der Waals surface area contributed by atoms with Crippen molar-refractivity contribution in [3.05, 3.63) is 81.8 Å². The lowest BCUT2D eigenvalue weighted by Gasteiger charge is -2.26. The molecule has 146 valence electrons. The van der Waals surface area contributed by atoms with Gasteiger partial charge in [0.15, 0.2) is 0 Å². The smallest absolute Gasteiger partial charge is 0.134 e. The zero-order valence-electron chi connectivity index (χ0n) is 15.9. The second-order valence-corrected chi connectivity index (χ2v) is 7.63. The lowest BCUT2D eigenvalue weighted by Crippen LogP contribution is -2.35. The van der Waals surface area contributed by atoms with Crippen LogP contribution in [-0.4, -0.2) is 31.2 Å². The third-order valence-corrected chi connectivity index (χ3v) is 5.46. The number of rotatable bonds is 5. The lowest BCUT2D eigenvalue weighted by atomic mass is 10.1. The van der Waals surface area contributed by atoms with Crippen LogP contribution in [0.3, 0.4) is 0 Å². The minimum atomic E-state index is -0.227. The van der Waals surface area contributed by atoms with E-state index in [9.17, 15) is 4.39 Å². The third kappa shape index (κ3) is 4.46. The monoisotopic (exact) mass is 399 g/mol. The molecule has 0 aliphatic carbocycles. The highest BCUT2D eigenvalue weighted by atomic mass is 35.5. The van der Waals surface area contributed by atoms with Crippen molar-refractivity contribution in [3.63, 3.8) is 0 Å². The number of hydrogen-bond donors (Lipinski definition) is 0. The van der Waals surface area contributed by atoms with Gasteiger partial charge in [-0.2, -0.15) is 0 Å². The predicted molar refractivity (Wildman–Crippen MR) is 109 cm³/mol. The van der Waals surface area contributed by atoms with Crippen molar-refractivity contribution < 1.29 is 13.5 Å². The van der Waals surface area contributed by atoms with E-state index < -0.39 is 0 Å². The quantitative estimate of drug-likeness (QED) is 0.568. The zero-order chi connectivity index (χ0) is 19.5. The van der Waals surface area contributed by atoms with Gasteiger partial charge >= 0.3 is 0 Å². The van der Waals surface area contributed by atoms with Crippen molar-refractivity contribution in [1.29, 1.82) is 0 Å². The van der Waals surface area contributed by atoms with Crippen LogP contribution in [0.1, 0.15) is 22.5 Å². The first-order chi connectivity index (χ1) is 13.6. The Morgan fingerprint density at radius 3 is 2.61 bits per heavy atom. The summed E-state index contributed by atoms with van der Waals surface area (Å²) in [5.41, 5.74) is 3.58. The van der Waals surface area contributed by atoms with E-state index in [0.717, 1.165) is 54.8 Å². The van der Waals surface area contributed by atoms with Crippen molar-refractivity contribution in [2.24, 2.45) is 0 Å². The van der Waals surface area contributed by atoms with Crippen LogP contribution in [0, 0.1) is 12.7 Å². The van der Waals surface area contributed by atoms with Crippen molar-refractivity contribution in [2.75, 3.05) is 26.3 Å². The molecule has 3 aromatic rings. The number of morpholine rings is 1. The molecule has 1 fully saturated rings. The van der Waals surface area contributed by atoms with Gasteiger partial charge in [-0.15, -0.1) is 0 Å². The first-order valence-corrected chi connectivity index (χ1v) is 9.89. The fourth-order valence-electron chi connectivity index (χ4n) is 3.41. The van der Waals surface area contributed by atoms with Crippen molar-refractivity contribution in [3.8, 4) is 11.3 Å². The summed E-state index contributed by atoms with van der Waals surface area (Å²) in [5, 5.41) is 0.741. The molecular formula is C23H23ClFNO2. The molecule has 0 atom stereocenters. The Kier molecular flexibility index (Phi) is 5.81. The van der Waals surface area contributed by atoms with Gasteiger partial charge in [-0.1, -0.05) is 35.9 Å². The van der Waals surface area contributed by atoms with Gasteiger partial charge in [0, 0.05) is 36.6 Å². The molecule has 3 nitrogen and oxygen atoms in total. The molecule has 0 radical (unpaired) electrons. The summed E-state index contributed by atoms with van der Waals surface area (Å²) >= 11 is 6.52. The SMILES string of the molecule is Cc1ccc(-c2ccc(Cc3ccc(CN4CCOCC4)cc3Cl)o2)cc1F. The number of aryl methyl sites for hydroxylation is 1. The number of ether oxygens (including phenoxy) is 1. The van der Waals surface area contributed by atoms with Crippen LogP contribution < -0.4 is 0 Å². The van der Waals surface area contributed by atoms with Crippen molar-refractivity contribution in [1.82, 2.24) is 4.90 Å². The maximum Gasteiger partial charge on any atom is 0.134 e. The molecule has 1 aliphatic rings. The standard InChI is InChI=1S/C23H23ClFNO2/c1-16-2-4-19(14-22(16)25)23-7-6-20(28-23)13-18-5-3-17(12-21(18)24)15-26-8-10-27-11-9-26/h2-7,12,14H,8-11,13,15H2,1H3. The van der Waals surface area contributed by atoms with Gasteiger partial charge in [0.05, 0.1) is 13.2 Å². The molecule has 5 heteroatoms. The Hall–Kier alpha value is -2.14. The Morgan fingerprint density at radius 1 is 1.04 bits per heavy atom. The molecule has 2 heterocycles. The van der Waals surface area contributed by atoms with Crippen LogP contribution in [0.2, 0.25) is 5.02 Å². The van der Waals surface area contributed by atoms with Gasteiger partial charge < -0.3 is 9.15 Å². The molecule has 2 aromatic carbocycles. The molecule has 0 bridgehead atoms. The van der Waals surface area contributed by atoms with E-state index in [-0.39, 0.29) is 5.82 Å². The van der Waals surface area contributed by atoms with E-state index in [1.165, 1.54) is 11.6 Å². The summed E-state index contributed by atoms with van der Waals surface area (Å²) in [6, 6.07) is 15.1. The molecular weight excluding hydrogens is 377 g/mol. The molecule has 28 heavy (non-hydrogen) atoms. The van der Waals surface area contributed by atoms with E-state index in [1.54, 1.807) is 13.0 Å². The average molecular weight is 400 g/mol. The molecule has 1 aliphatic heterocycles. The van der Waals surface area contributed by atoms with Gasteiger partial charge in [0.25, 0.3) is 0 Å². The maximum absolute atomic E-state index is 13.8. The van der Waals surface area contributed by atoms with E-state index >= 15 is 0 Å². The minimum absolute atomic E-state index is 0.227. The highest BCUT2D eigenvalue weighted by molar-refractivity contribution is 6.31. The normalized spacial score (nSPS) is 15.1. The Morgan fingerprint density at radius 2 is 1.86 bits per heavy atom. The fourth-order valence-corrected chi connectivity index (χ4v) is 3.68. The van der Waals surface area contributed by atoms with E-state index in [0.29, 0.717) is 17.7 Å². The largest absolute Gasteiger partial charge is 0.461 e. The third-order valence-electron chi connectivity index (χ3n) is 5.11. The van der Waals surface area contributed by atoms with Crippen molar-refractivity contribution in [2.45, 2.75) is 19.9 Å². The van der Waals surface area contributed by atoms with E-state index in [4.69, 9.17) is 20.8 Å². The minimum Gasteiger partial charge on any atom is -0.461 e. The summed E-state index contributed by atoms with van der Waals surface area (Å²) < 4.78 is 25.1. The van der Waals surface area contributed by atoms with Gasteiger partial charge in [-0.3, -0.25) is 4.90 Å².